The Morgan fingerprint density at radius 3 is 2.06 bits per heavy atom. The van der Waals surface area contributed by atoms with Crippen LogP contribution >= 0.6 is 0 Å². The summed E-state index contributed by atoms with van der Waals surface area (Å²) >= 11 is 0. The van der Waals surface area contributed by atoms with Crippen LogP contribution < -0.4 is 5.32 Å². The molecular weight excluding hydrogens is 457 g/mol. The lowest BCUT2D eigenvalue weighted by Crippen LogP contribution is -2.47. The molecule has 1 heterocycles. The van der Waals surface area contributed by atoms with Gasteiger partial charge < -0.3 is 10.1 Å². The van der Waals surface area contributed by atoms with Gasteiger partial charge in [-0.25, -0.2) is 9.59 Å². The lowest BCUT2D eigenvalue weighted by Gasteiger charge is -2.35. The fraction of sp³-hybridized carbons (Fsp3) is 0.185. The second-order valence-electron chi connectivity index (χ2n) is 8.13. The maximum Gasteiger partial charge on any atom is 0.416 e. The highest BCUT2D eigenvalue weighted by molar-refractivity contribution is 5.95. The van der Waals surface area contributed by atoms with Gasteiger partial charge >= 0.3 is 18.2 Å². The first-order chi connectivity index (χ1) is 16.7. The van der Waals surface area contributed by atoms with Crippen molar-refractivity contribution in [1.82, 2.24) is 10.2 Å². The number of hydrogen-bond acceptors (Lipinski definition) is 3. The predicted molar refractivity (Wildman–Crippen MR) is 124 cm³/mol. The number of urea groups is 1. The molecule has 0 radical (unpaired) electrons. The van der Waals surface area contributed by atoms with Crippen molar-refractivity contribution in [3.8, 4) is 0 Å². The van der Waals surface area contributed by atoms with Crippen LogP contribution in [0.5, 0.6) is 0 Å². The number of rotatable bonds is 6. The molecule has 1 N–H and O–H groups in total. The second kappa shape index (κ2) is 10.0. The molecule has 2 amide bonds. The van der Waals surface area contributed by atoms with Gasteiger partial charge in [-0.3, -0.25) is 4.90 Å². The molecule has 1 unspecified atom stereocenters. The zero-order chi connectivity index (χ0) is 25.0. The van der Waals surface area contributed by atoms with E-state index in [4.69, 9.17) is 4.74 Å². The Bertz CT molecular complexity index is 1220. The van der Waals surface area contributed by atoms with Crippen LogP contribution in [-0.4, -0.2) is 16.9 Å². The monoisotopic (exact) mass is 480 g/mol. The number of halogens is 3. The molecule has 3 aromatic carbocycles. The van der Waals surface area contributed by atoms with Crippen LogP contribution in [0, 0.1) is 0 Å². The summed E-state index contributed by atoms with van der Waals surface area (Å²) < 4.78 is 44.7. The molecule has 0 aliphatic carbocycles. The molecule has 0 saturated heterocycles. The van der Waals surface area contributed by atoms with E-state index in [-0.39, 0.29) is 18.7 Å². The lowest BCUT2D eigenvalue weighted by molar-refractivity contribution is -0.141. The molecule has 0 aromatic heterocycles. The number of hydrogen-bond donors (Lipinski definition) is 1. The number of amides is 2. The highest BCUT2D eigenvalue weighted by Crippen LogP contribution is 2.35. The Morgan fingerprint density at radius 2 is 1.49 bits per heavy atom. The van der Waals surface area contributed by atoms with Gasteiger partial charge in [0.25, 0.3) is 0 Å². The minimum atomic E-state index is -4.50. The summed E-state index contributed by atoms with van der Waals surface area (Å²) in [6, 6.07) is 21.3. The summed E-state index contributed by atoms with van der Waals surface area (Å²) in [6.45, 7) is 1.87. The van der Waals surface area contributed by atoms with Gasteiger partial charge in [-0.15, -0.1) is 0 Å². The Hall–Kier alpha value is -4.07. The number of alkyl halides is 3. The summed E-state index contributed by atoms with van der Waals surface area (Å²) in [5.41, 5.74) is 1.70. The van der Waals surface area contributed by atoms with Gasteiger partial charge in [-0.1, -0.05) is 72.8 Å². The van der Waals surface area contributed by atoms with E-state index in [2.05, 4.69) is 5.32 Å². The molecular formula is C27H23F3N2O3. The minimum Gasteiger partial charge on any atom is -0.457 e. The van der Waals surface area contributed by atoms with Crippen LogP contribution in [0.1, 0.15) is 35.2 Å². The van der Waals surface area contributed by atoms with Crippen molar-refractivity contribution in [2.24, 2.45) is 0 Å². The molecule has 5 nitrogen and oxygen atoms in total. The third kappa shape index (κ3) is 5.54. The zero-order valence-corrected chi connectivity index (χ0v) is 18.9. The average Bonchev–Trinajstić information content (AvgIpc) is 2.85. The Morgan fingerprint density at radius 1 is 0.914 bits per heavy atom. The fourth-order valence-corrected chi connectivity index (χ4v) is 3.92. The third-order valence-corrected chi connectivity index (χ3v) is 5.78. The van der Waals surface area contributed by atoms with E-state index in [1.165, 1.54) is 17.0 Å². The van der Waals surface area contributed by atoms with Crippen molar-refractivity contribution in [3.05, 3.63) is 118 Å². The van der Waals surface area contributed by atoms with Crippen molar-refractivity contribution in [2.45, 2.75) is 32.3 Å². The van der Waals surface area contributed by atoms with Crippen LogP contribution in [0.3, 0.4) is 0 Å². The average molecular weight is 480 g/mol. The van der Waals surface area contributed by atoms with Crippen LogP contribution in [0.15, 0.2) is 96.2 Å². The minimum absolute atomic E-state index is 0.0167. The van der Waals surface area contributed by atoms with Gasteiger partial charge in [0.05, 0.1) is 23.7 Å². The van der Waals surface area contributed by atoms with E-state index in [9.17, 15) is 22.8 Å². The Balaban J connectivity index is 1.68. The Kier molecular flexibility index (Phi) is 6.91. The molecule has 8 heteroatoms. The summed E-state index contributed by atoms with van der Waals surface area (Å²) in [5.74, 6) is -0.658. The normalized spacial score (nSPS) is 16.2. The van der Waals surface area contributed by atoms with E-state index in [1.807, 2.05) is 60.7 Å². The quantitative estimate of drug-likeness (QED) is 0.441. The van der Waals surface area contributed by atoms with Crippen molar-refractivity contribution in [2.75, 3.05) is 0 Å². The maximum absolute atomic E-state index is 13.3. The van der Waals surface area contributed by atoms with Crippen LogP contribution in [0.25, 0.3) is 0 Å². The summed E-state index contributed by atoms with van der Waals surface area (Å²) in [7, 11) is 0. The third-order valence-electron chi connectivity index (χ3n) is 5.78. The van der Waals surface area contributed by atoms with Gasteiger partial charge in [-0.2, -0.15) is 13.2 Å². The number of allylic oxidation sites excluding steroid dienone is 1. The summed E-state index contributed by atoms with van der Waals surface area (Å²) in [6.07, 6.45) is -4.50. The molecule has 0 spiro atoms. The number of benzene rings is 3. The first-order valence-electron chi connectivity index (χ1n) is 10.9. The molecule has 1 atom stereocenters. The van der Waals surface area contributed by atoms with E-state index >= 15 is 0 Å². The van der Waals surface area contributed by atoms with E-state index < -0.39 is 29.8 Å². The molecule has 1 aliphatic rings. The standard InChI is InChI=1S/C27H23F3N2O3/c1-18-23(25(33)35-17-20-10-6-3-7-11-20)24(21-12-14-22(15-13-21)27(28,29)30)31-26(34)32(18)16-19-8-4-2-5-9-19/h2-15,24H,16-17H2,1H3,(H,31,34). The predicted octanol–water partition coefficient (Wildman–Crippen LogP) is 5.99. The van der Waals surface area contributed by atoms with Crippen molar-refractivity contribution in [3.63, 3.8) is 0 Å². The van der Waals surface area contributed by atoms with E-state index in [0.717, 1.165) is 23.3 Å². The van der Waals surface area contributed by atoms with Gasteiger partial charge in [0.1, 0.15) is 6.61 Å². The van der Waals surface area contributed by atoms with Crippen LogP contribution in [0.2, 0.25) is 0 Å². The molecule has 3 aromatic rings. The number of esters is 1. The Labute approximate surface area is 200 Å². The van der Waals surface area contributed by atoms with Crippen molar-refractivity contribution < 1.29 is 27.5 Å². The van der Waals surface area contributed by atoms with Gasteiger partial charge in [0.2, 0.25) is 0 Å². The first kappa shape index (κ1) is 24.1. The molecule has 0 fully saturated rings. The summed E-state index contributed by atoms with van der Waals surface area (Å²) in [4.78, 5) is 27.7. The topological polar surface area (TPSA) is 58.6 Å². The van der Waals surface area contributed by atoms with Gasteiger partial charge in [0.15, 0.2) is 0 Å². The molecule has 180 valence electrons. The number of carbonyl (C=O) groups is 2. The van der Waals surface area contributed by atoms with Gasteiger partial charge in [0, 0.05) is 5.70 Å². The second-order valence-corrected chi connectivity index (χ2v) is 8.13. The molecule has 1 aliphatic heterocycles. The molecule has 0 saturated carbocycles. The highest BCUT2D eigenvalue weighted by Gasteiger charge is 2.37. The maximum atomic E-state index is 13.3. The highest BCUT2D eigenvalue weighted by atomic mass is 19.4. The van der Waals surface area contributed by atoms with Crippen molar-refractivity contribution in [1.29, 1.82) is 0 Å². The molecule has 35 heavy (non-hydrogen) atoms. The smallest absolute Gasteiger partial charge is 0.416 e. The number of nitrogens with one attached hydrogen (secondary N) is 1. The SMILES string of the molecule is CC1=C(C(=O)OCc2ccccc2)C(c2ccc(C(F)(F)F)cc2)NC(=O)N1Cc1ccccc1. The number of carbonyl (C=O) groups excluding carboxylic acids is 2. The lowest BCUT2D eigenvalue weighted by atomic mass is 9.94. The first-order valence-corrected chi connectivity index (χ1v) is 10.9. The van der Waals surface area contributed by atoms with E-state index in [0.29, 0.717) is 11.3 Å². The van der Waals surface area contributed by atoms with Crippen molar-refractivity contribution >= 4 is 12.0 Å². The molecule has 4 rings (SSSR count). The summed E-state index contributed by atoms with van der Waals surface area (Å²) in [5, 5.41) is 2.77. The fourth-order valence-electron chi connectivity index (χ4n) is 3.92. The van der Waals surface area contributed by atoms with Crippen LogP contribution in [0.4, 0.5) is 18.0 Å². The van der Waals surface area contributed by atoms with Crippen LogP contribution in [-0.2, 0) is 28.9 Å². The number of nitrogens with zero attached hydrogens (tertiary/aromatic N) is 1. The molecule has 0 bridgehead atoms. The van der Waals surface area contributed by atoms with E-state index in [1.54, 1.807) is 6.92 Å². The van der Waals surface area contributed by atoms with Gasteiger partial charge in [-0.05, 0) is 35.7 Å². The number of ether oxygens (including phenoxy) is 1. The zero-order valence-electron chi connectivity index (χ0n) is 18.9. The largest absolute Gasteiger partial charge is 0.457 e.